The minimum absolute atomic E-state index is 0.0192. The van der Waals surface area contributed by atoms with Gasteiger partial charge in [-0.3, -0.25) is 0 Å². The molecule has 1 spiro atoms. The van der Waals surface area contributed by atoms with Gasteiger partial charge >= 0.3 is 0 Å². The summed E-state index contributed by atoms with van der Waals surface area (Å²) in [5.41, 5.74) is 0.887. The molecule has 5 heteroatoms. The molecule has 2 unspecified atom stereocenters. The fourth-order valence-electron chi connectivity index (χ4n) is 3.20. The molecule has 3 rings (SSSR count). The van der Waals surface area contributed by atoms with Crippen LogP contribution in [0.1, 0.15) is 37.4 Å². The zero-order valence-electron chi connectivity index (χ0n) is 10.8. The van der Waals surface area contributed by atoms with Crippen LogP contribution in [0.15, 0.2) is 21.4 Å². The van der Waals surface area contributed by atoms with Crippen molar-refractivity contribution in [1.82, 2.24) is 0 Å². The van der Waals surface area contributed by atoms with Gasteiger partial charge in [-0.1, -0.05) is 0 Å². The quantitative estimate of drug-likeness (QED) is 0.884. The van der Waals surface area contributed by atoms with E-state index in [1.165, 1.54) is 11.5 Å². The highest BCUT2D eigenvalue weighted by Gasteiger charge is 2.41. The molecule has 1 aromatic rings. The van der Waals surface area contributed by atoms with Crippen LogP contribution in [-0.2, 0) is 4.74 Å². The van der Waals surface area contributed by atoms with E-state index in [2.05, 4.69) is 15.9 Å². The molecule has 3 nitrogen and oxygen atoms in total. The molecular weight excluding hydrogens is 328 g/mol. The number of hydrogen-bond acceptors (Lipinski definition) is 4. The number of thioether (sulfide) groups is 1. The van der Waals surface area contributed by atoms with Crippen molar-refractivity contribution in [2.45, 2.75) is 37.4 Å². The molecule has 19 heavy (non-hydrogen) atoms. The topological polar surface area (TPSA) is 42.6 Å². The minimum Gasteiger partial charge on any atom is -0.457 e. The zero-order valence-corrected chi connectivity index (χ0v) is 13.2. The van der Waals surface area contributed by atoms with Gasteiger partial charge in [-0.05, 0) is 65.1 Å². The largest absolute Gasteiger partial charge is 0.457 e. The van der Waals surface area contributed by atoms with Crippen LogP contribution in [-0.4, -0.2) is 28.8 Å². The Labute approximate surface area is 126 Å². The van der Waals surface area contributed by atoms with Crippen LogP contribution in [0.2, 0.25) is 0 Å². The Morgan fingerprint density at radius 1 is 1.42 bits per heavy atom. The Balaban J connectivity index is 1.72. The predicted molar refractivity (Wildman–Crippen MR) is 79.3 cm³/mol. The highest BCUT2D eigenvalue weighted by atomic mass is 79.9. The number of halogens is 1. The van der Waals surface area contributed by atoms with Crippen molar-refractivity contribution in [3.05, 3.63) is 22.6 Å². The van der Waals surface area contributed by atoms with Crippen LogP contribution in [0.4, 0.5) is 0 Å². The van der Waals surface area contributed by atoms with Crippen molar-refractivity contribution in [2.75, 3.05) is 18.1 Å². The second-order valence-electron chi connectivity index (χ2n) is 5.49. The summed E-state index contributed by atoms with van der Waals surface area (Å²) in [5.74, 6) is 2.63. The Hall–Kier alpha value is 0.0300. The van der Waals surface area contributed by atoms with Crippen molar-refractivity contribution in [3.63, 3.8) is 0 Å². The van der Waals surface area contributed by atoms with E-state index in [0.717, 1.165) is 37.9 Å². The van der Waals surface area contributed by atoms with Gasteiger partial charge in [-0.15, -0.1) is 0 Å². The summed E-state index contributed by atoms with van der Waals surface area (Å²) < 4.78 is 12.0. The number of aliphatic hydroxyl groups is 1. The average Bonchev–Trinajstić information content (AvgIpc) is 2.85. The van der Waals surface area contributed by atoms with Gasteiger partial charge < -0.3 is 14.3 Å². The van der Waals surface area contributed by atoms with Gasteiger partial charge in [-0.2, -0.15) is 11.8 Å². The zero-order chi connectivity index (χ0) is 13.3. The van der Waals surface area contributed by atoms with E-state index in [9.17, 15) is 5.11 Å². The first-order valence-electron chi connectivity index (χ1n) is 6.83. The molecule has 0 bridgehead atoms. The number of aliphatic hydroxyl groups excluding tert-OH is 1. The molecule has 1 N–H and O–H groups in total. The smallest absolute Gasteiger partial charge is 0.174 e. The van der Waals surface area contributed by atoms with Gasteiger partial charge in [0.05, 0.1) is 18.0 Å². The summed E-state index contributed by atoms with van der Waals surface area (Å²) in [6.07, 6.45) is 5.29. The normalized spacial score (nSPS) is 28.4. The summed E-state index contributed by atoms with van der Waals surface area (Å²) >= 11 is 5.37. The van der Waals surface area contributed by atoms with Crippen molar-refractivity contribution in [2.24, 2.45) is 5.92 Å². The van der Waals surface area contributed by atoms with Gasteiger partial charge in [0.2, 0.25) is 0 Å². The van der Waals surface area contributed by atoms with Crippen LogP contribution in [0, 0.1) is 5.92 Å². The fourth-order valence-corrected chi connectivity index (χ4v) is 4.91. The standard InChI is InChI=1S/C14H19BrO3S/c15-13-11(2-5-17-13)12(16)10-1-6-18-14(9-10)3-7-19-8-4-14/h2,5,10,12,16H,1,3-4,6-9H2. The van der Waals surface area contributed by atoms with Gasteiger partial charge in [0, 0.05) is 12.2 Å². The van der Waals surface area contributed by atoms with Crippen LogP contribution >= 0.6 is 27.7 Å². The fraction of sp³-hybridized carbons (Fsp3) is 0.714. The molecule has 2 atom stereocenters. The number of ether oxygens (including phenoxy) is 1. The molecule has 0 saturated carbocycles. The van der Waals surface area contributed by atoms with Crippen molar-refractivity contribution >= 4 is 27.7 Å². The lowest BCUT2D eigenvalue weighted by Gasteiger charge is -2.44. The second kappa shape index (κ2) is 5.80. The Morgan fingerprint density at radius 3 is 2.89 bits per heavy atom. The molecule has 2 fully saturated rings. The van der Waals surface area contributed by atoms with Gasteiger partial charge in [-0.25, -0.2) is 0 Å². The summed E-state index contributed by atoms with van der Waals surface area (Å²) in [7, 11) is 0. The lowest BCUT2D eigenvalue weighted by molar-refractivity contribution is -0.121. The maximum Gasteiger partial charge on any atom is 0.174 e. The molecule has 0 aromatic carbocycles. The second-order valence-corrected chi connectivity index (χ2v) is 7.44. The third kappa shape index (κ3) is 2.89. The van der Waals surface area contributed by atoms with E-state index < -0.39 is 6.10 Å². The molecule has 2 aliphatic rings. The Morgan fingerprint density at radius 2 is 2.21 bits per heavy atom. The molecule has 0 aliphatic carbocycles. The maximum atomic E-state index is 10.6. The lowest BCUT2D eigenvalue weighted by Crippen LogP contribution is -2.44. The van der Waals surface area contributed by atoms with Crippen molar-refractivity contribution in [3.8, 4) is 0 Å². The highest BCUT2D eigenvalue weighted by Crippen LogP contribution is 2.44. The SMILES string of the molecule is OC(c1ccoc1Br)C1CCOC2(CCSCC2)C1. The molecule has 2 saturated heterocycles. The lowest BCUT2D eigenvalue weighted by atomic mass is 9.78. The summed E-state index contributed by atoms with van der Waals surface area (Å²) in [5, 5.41) is 10.6. The predicted octanol–water partition coefficient (Wildman–Crippen LogP) is 3.77. The Bertz CT molecular complexity index is 423. The van der Waals surface area contributed by atoms with E-state index >= 15 is 0 Å². The highest BCUT2D eigenvalue weighted by molar-refractivity contribution is 9.10. The van der Waals surface area contributed by atoms with Gasteiger partial charge in [0.25, 0.3) is 0 Å². The molecule has 3 heterocycles. The van der Waals surface area contributed by atoms with Crippen molar-refractivity contribution < 1.29 is 14.3 Å². The monoisotopic (exact) mass is 346 g/mol. The van der Waals surface area contributed by atoms with Crippen LogP contribution in [0.3, 0.4) is 0 Å². The van der Waals surface area contributed by atoms with E-state index in [0.29, 0.717) is 4.67 Å². The number of rotatable bonds is 2. The van der Waals surface area contributed by atoms with E-state index in [1.807, 2.05) is 17.8 Å². The average molecular weight is 347 g/mol. The molecule has 0 amide bonds. The van der Waals surface area contributed by atoms with Crippen molar-refractivity contribution in [1.29, 1.82) is 0 Å². The minimum atomic E-state index is -0.455. The third-order valence-electron chi connectivity index (χ3n) is 4.35. The van der Waals surface area contributed by atoms with E-state index in [1.54, 1.807) is 6.26 Å². The summed E-state index contributed by atoms with van der Waals surface area (Å²) in [6.45, 7) is 0.766. The molecule has 2 aliphatic heterocycles. The summed E-state index contributed by atoms with van der Waals surface area (Å²) in [4.78, 5) is 0. The molecule has 106 valence electrons. The molecule has 0 radical (unpaired) electrons. The first kappa shape index (κ1) is 14.0. The van der Waals surface area contributed by atoms with Crippen LogP contribution in [0.5, 0.6) is 0 Å². The van der Waals surface area contributed by atoms with E-state index in [4.69, 9.17) is 9.15 Å². The van der Waals surface area contributed by atoms with Crippen LogP contribution < -0.4 is 0 Å². The maximum absolute atomic E-state index is 10.6. The number of furan rings is 1. The van der Waals surface area contributed by atoms with Gasteiger partial charge in [0.15, 0.2) is 4.67 Å². The third-order valence-corrected chi connectivity index (χ3v) is 5.98. The van der Waals surface area contributed by atoms with E-state index in [-0.39, 0.29) is 11.5 Å². The molecular formula is C14H19BrO3S. The number of hydrogen-bond donors (Lipinski definition) is 1. The first-order chi connectivity index (χ1) is 9.20. The first-order valence-corrected chi connectivity index (χ1v) is 8.78. The summed E-state index contributed by atoms with van der Waals surface area (Å²) in [6, 6.07) is 1.85. The molecule has 1 aromatic heterocycles. The Kier molecular flexibility index (Phi) is 4.27. The van der Waals surface area contributed by atoms with Gasteiger partial charge in [0.1, 0.15) is 0 Å². The van der Waals surface area contributed by atoms with Crippen LogP contribution in [0.25, 0.3) is 0 Å².